The summed E-state index contributed by atoms with van der Waals surface area (Å²) in [5.41, 5.74) is 1.87. The zero-order valence-corrected chi connectivity index (χ0v) is 13.4. The highest BCUT2D eigenvalue weighted by Crippen LogP contribution is 2.30. The van der Waals surface area contributed by atoms with Crippen molar-refractivity contribution in [3.8, 4) is 5.75 Å². The summed E-state index contributed by atoms with van der Waals surface area (Å²) < 4.78 is 5.12. The third kappa shape index (κ3) is 2.87. The van der Waals surface area contributed by atoms with E-state index in [0.29, 0.717) is 11.1 Å². The van der Waals surface area contributed by atoms with Crippen molar-refractivity contribution in [3.63, 3.8) is 0 Å². The number of benzene rings is 2. The summed E-state index contributed by atoms with van der Waals surface area (Å²) in [5, 5.41) is 0. The van der Waals surface area contributed by atoms with Crippen molar-refractivity contribution < 1.29 is 14.3 Å². The van der Waals surface area contributed by atoms with Crippen molar-refractivity contribution in [2.24, 2.45) is 0 Å². The summed E-state index contributed by atoms with van der Waals surface area (Å²) in [7, 11) is 1.61. The molecule has 2 amide bonds. The molecule has 3 rings (SSSR count). The lowest BCUT2D eigenvalue weighted by Gasteiger charge is -2.14. The second kappa shape index (κ2) is 6.30. The molecule has 2 aromatic rings. The van der Waals surface area contributed by atoms with E-state index < -0.39 is 0 Å². The molecule has 0 saturated heterocycles. The van der Waals surface area contributed by atoms with Crippen LogP contribution < -0.4 is 4.74 Å². The number of rotatable bonds is 5. The highest BCUT2D eigenvalue weighted by molar-refractivity contribution is 8.08. The highest BCUT2D eigenvalue weighted by Gasteiger charge is 2.34. The molecule has 0 bridgehead atoms. The molecular weight excluding hydrogens is 310 g/mol. The molecule has 0 spiro atoms. The van der Waals surface area contributed by atoms with Gasteiger partial charge >= 0.3 is 0 Å². The monoisotopic (exact) mass is 325 g/mol. The molecule has 4 nitrogen and oxygen atoms in total. The van der Waals surface area contributed by atoms with Gasteiger partial charge in [0.05, 0.1) is 24.1 Å². The van der Waals surface area contributed by atoms with Crippen molar-refractivity contribution in [2.45, 2.75) is 0 Å². The van der Waals surface area contributed by atoms with Crippen LogP contribution in [0.5, 0.6) is 5.75 Å². The maximum atomic E-state index is 12.3. The van der Waals surface area contributed by atoms with Crippen LogP contribution in [0.2, 0.25) is 0 Å². The van der Waals surface area contributed by atoms with Crippen LogP contribution in [0.3, 0.4) is 0 Å². The Kier molecular flexibility index (Phi) is 4.21. The van der Waals surface area contributed by atoms with Gasteiger partial charge in [0, 0.05) is 4.91 Å². The molecule has 0 aromatic heterocycles. The van der Waals surface area contributed by atoms with Gasteiger partial charge in [0.25, 0.3) is 11.8 Å². The van der Waals surface area contributed by atoms with E-state index in [1.165, 1.54) is 16.7 Å². The van der Waals surface area contributed by atoms with Gasteiger partial charge < -0.3 is 4.74 Å². The molecule has 0 atom stereocenters. The summed E-state index contributed by atoms with van der Waals surface area (Å²) in [4.78, 5) is 26.6. The molecule has 0 aliphatic carbocycles. The first-order chi connectivity index (χ1) is 11.1. The van der Waals surface area contributed by atoms with Crippen LogP contribution in [0.1, 0.15) is 26.3 Å². The van der Waals surface area contributed by atoms with Crippen molar-refractivity contribution in [2.75, 3.05) is 13.0 Å². The lowest BCUT2D eigenvalue weighted by atomic mass is 10.1. The summed E-state index contributed by atoms with van der Waals surface area (Å²) in [6, 6.07) is 14.4. The molecule has 1 aliphatic rings. The standard InChI is InChI=1S/C18H15NO3S/c1-12(13-7-9-14(22-2)10-8-13)23-11-19-17(20)15-5-3-4-6-16(15)18(19)21/h3-10H,1,11H2,2H3. The molecule has 0 fully saturated rings. The predicted octanol–water partition coefficient (Wildman–Crippen LogP) is 3.65. The number of ether oxygens (including phenoxy) is 1. The highest BCUT2D eigenvalue weighted by atomic mass is 32.2. The van der Waals surface area contributed by atoms with Gasteiger partial charge in [-0.25, -0.2) is 0 Å². The van der Waals surface area contributed by atoms with E-state index in [4.69, 9.17) is 4.74 Å². The van der Waals surface area contributed by atoms with Crippen LogP contribution in [-0.4, -0.2) is 29.7 Å². The normalized spacial score (nSPS) is 13.2. The summed E-state index contributed by atoms with van der Waals surface area (Å²) in [6.07, 6.45) is 0. The van der Waals surface area contributed by atoms with E-state index in [1.54, 1.807) is 31.4 Å². The molecule has 5 heteroatoms. The van der Waals surface area contributed by atoms with Gasteiger partial charge in [0.1, 0.15) is 5.75 Å². The Morgan fingerprint density at radius 3 is 2.13 bits per heavy atom. The first-order valence-corrected chi connectivity index (χ1v) is 8.01. The fourth-order valence-corrected chi connectivity index (χ4v) is 3.18. The Labute approximate surface area is 138 Å². The second-order valence-electron chi connectivity index (χ2n) is 5.01. The van der Waals surface area contributed by atoms with E-state index in [1.807, 2.05) is 24.3 Å². The van der Waals surface area contributed by atoms with Crippen molar-refractivity contribution in [1.29, 1.82) is 0 Å². The van der Waals surface area contributed by atoms with Gasteiger partial charge in [-0.2, -0.15) is 0 Å². The number of nitrogens with zero attached hydrogens (tertiary/aromatic N) is 1. The third-order valence-electron chi connectivity index (χ3n) is 3.66. The molecule has 116 valence electrons. The van der Waals surface area contributed by atoms with E-state index >= 15 is 0 Å². The number of thioether (sulfide) groups is 1. The van der Waals surface area contributed by atoms with Crippen molar-refractivity contribution in [1.82, 2.24) is 4.90 Å². The smallest absolute Gasteiger partial charge is 0.262 e. The Morgan fingerprint density at radius 1 is 1.04 bits per heavy atom. The lowest BCUT2D eigenvalue weighted by Crippen LogP contribution is -2.29. The van der Waals surface area contributed by atoms with Gasteiger partial charge in [0.15, 0.2) is 0 Å². The van der Waals surface area contributed by atoms with Crippen molar-refractivity contribution >= 4 is 28.5 Å². The molecule has 1 heterocycles. The first kappa shape index (κ1) is 15.4. The fraction of sp³-hybridized carbons (Fsp3) is 0.111. The minimum atomic E-state index is -0.249. The zero-order chi connectivity index (χ0) is 16.4. The van der Waals surface area contributed by atoms with Crippen LogP contribution >= 0.6 is 11.8 Å². The zero-order valence-electron chi connectivity index (χ0n) is 12.6. The maximum absolute atomic E-state index is 12.3. The molecule has 0 N–H and O–H groups in total. The average molecular weight is 325 g/mol. The van der Waals surface area contributed by atoms with Crippen LogP contribution in [-0.2, 0) is 0 Å². The molecule has 23 heavy (non-hydrogen) atoms. The van der Waals surface area contributed by atoms with Crippen LogP contribution in [0.15, 0.2) is 55.1 Å². The Bertz CT molecular complexity index is 748. The molecule has 1 aliphatic heterocycles. The Balaban J connectivity index is 1.68. The molecule has 0 unspecified atom stereocenters. The number of fused-ring (bicyclic) bond motifs is 1. The minimum absolute atomic E-state index is 0.247. The van der Waals surface area contributed by atoms with E-state index in [9.17, 15) is 9.59 Å². The van der Waals surface area contributed by atoms with E-state index in [0.717, 1.165) is 16.2 Å². The third-order valence-corrected chi connectivity index (χ3v) is 4.63. The topological polar surface area (TPSA) is 46.6 Å². The Hall–Kier alpha value is -2.53. The average Bonchev–Trinajstić information content (AvgIpc) is 2.84. The van der Waals surface area contributed by atoms with Crippen LogP contribution in [0, 0.1) is 0 Å². The fourth-order valence-electron chi connectivity index (χ4n) is 2.36. The van der Waals surface area contributed by atoms with Gasteiger partial charge in [-0.3, -0.25) is 14.5 Å². The van der Waals surface area contributed by atoms with E-state index in [2.05, 4.69) is 6.58 Å². The van der Waals surface area contributed by atoms with Gasteiger partial charge in [-0.05, 0) is 29.8 Å². The minimum Gasteiger partial charge on any atom is -0.497 e. The SMILES string of the molecule is C=C(SCN1C(=O)c2ccccc2C1=O)c1ccc(OC)cc1. The van der Waals surface area contributed by atoms with Crippen LogP contribution in [0.25, 0.3) is 4.91 Å². The molecule has 0 radical (unpaired) electrons. The number of methoxy groups -OCH3 is 1. The summed E-state index contributed by atoms with van der Waals surface area (Å²) >= 11 is 1.37. The quantitative estimate of drug-likeness (QED) is 0.787. The van der Waals surface area contributed by atoms with Crippen molar-refractivity contribution in [3.05, 3.63) is 71.8 Å². The molecule has 0 saturated carbocycles. The number of amides is 2. The summed E-state index contributed by atoms with van der Waals surface area (Å²) in [6.45, 7) is 4.01. The molecular formula is C18H15NO3S. The predicted molar refractivity (Wildman–Crippen MR) is 91.4 cm³/mol. The van der Waals surface area contributed by atoms with E-state index in [-0.39, 0.29) is 17.7 Å². The molecule has 2 aromatic carbocycles. The number of imide groups is 1. The summed E-state index contributed by atoms with van der Waals surface area (Å²) in [5.74, 6) is 0.519. The number of carbonyl (C=O) groups is 2. The Morgan fingerprint density at radius 2 is 1.61 bits per heavy atom. The largest absolute Gasteiger partial charge is 0.497 e. The number of carbonyl (C=O) groups excluding carboxylic acids is 2. The number of hydrogen-bond donors (Lipinski definition) is 0. The number of hydrogen-bond acceptors (Lipinski definition) is 4. The lowest BCUT2D eigenvalue weighted by molar-refractivity contribution is 0.0684. The maximum Gasteiger partial charge on any atom is 0.262 e. The van der Waals surface area contributed by atoms with Gasteiger partial charge in [-0.15, -0.1) is 11.8 Å². The van der Waals surface area contributed by atoms with Gasteiger partial charge in [0.2, 0.25) is 0 Å². The van der Waals surface area contributed by atoms with Crippen LogP contribution in [0.4, 0.5) is 0 Å². The first-order valence-electron chi connectivity index (χ1n) is 7.03. The second-order valence-corrected chi connectivity index (χ2v) is 6.05. The van der Waals surface area contributed by atoms with Gasteiger partial charge in [-0.1, -0.05) is 30.8 Å².